The summed E-state index contributed by atoms with van der Waals surface area (Å²) in [5, 5.41) is 8.71. The monoisotopic (exact) mass is 443 g/mol. The van der Waals surface area contributed by atoms with Crippen LogP contribution in [0, 0.1) is 0 Å². The van der Waals surface area contributed by atoms with Crippen LogP contribution in [0.15, 0.2) is 113 Å². The Morgan fingerprint density at radius 2 is 1.58 bits per heavy atom. The molecule has 0 spiro atoms. The molecule has 0 saturated heterocycles. The van der Waals surface area contributed by atoms with E-state index in [9.17, 15) is 0 Å². The lowest BCUT2D eigenvalue weighted by Gasteiger charge is -2.21. The lowest BCUT2D eigenvalue weighted by Crippen LogP contribution is -2.08. The number of furan rings is 1. The number of nitrogens with one attached hydrogen (secondary N) is 1. The van der Waals surface area contributed by atoms with Gasteiger partial charge in [-0.05, 0) is 48.4 Å². The van der Waals surface area contributed by atoms with Crippen LogP contribution in [0.2, 0.25) is 0 Å². The van der Waals surface area contributed by atoms with E-state index in [0.29, 0.717) is 5.92 Å². The fourth-order valence-corrected chi connectivity index (χ4v) is 6.18. The molecule has 7 rings (SSSR count). The number of anilines is 1. The highest BCUT2D eigenvalue weighted by Gasteiger charge is 2.17. The van der Waals surface area contributed by atoms with Gasteiger partial charge in [0.25, 0.3) is 0 Å². The van der Waals surface area contributed by atoms with Gasteiger partial charge in [-0.3, -0.25) is 0 Å². The SMILES string of the molecule is C1=CC(c2ccc3c(c2)sc2ccccc23)CC(Nc2cccc3oc4ccccc4c23)=C1. The Balaban J connectivity index is 1.22. The second-order valence-corrected chi connectivity index (χ2v) is 9.73. The van der Waals surface area contributed by atoms with Crippen LogP contribution in [0.1, 0.15) is 17.9 Å². The Labute approximate surface area is 195 Å². The molecule has 2 aromatic heterocycles. The Hall–Kier alpha value is -3.82. The van der Waals surface area contributed by atoms with Crippen molar-refractivity contribution in [2.45, 2.75) is 12.3 Å². The number of thiophene rings is 1. The number of hydrogen-bond acceptors (Lipinski definition) is 3. The number of hydrogen-bond donors (Lipinski definition) is 1. The summed E-state index contributed by atoms with van der Waals surface area (Å²) in [6.07, 6.45) is 7.63. The van der Waals surface area contributed by atoms with Gasteiger partial charge >= 0.3 is 0 Å². The van der Waals surface area contributed by atoms with Crippen molar-refractivity contribution >= 4 is 59.1 Å². The van der Waals surface area contributed by atoms with Gasteiger partial charge in [0.05, 0.1) is 11.1 Å². The molecule has 1 N–H and O–H groups in total. The summed E-state index contributed by atoms with van der Waals surface area (Å²) in [4.78, 5) is 0. The maximum atomic E-state index is 6.07. The molecular weight excluding hydrogens is 422 g/mol. The van der Waals surface area contributed by atoms with E-state index < -0.39 is 0 Å². The third-order valence-electron chi connectivity index (χ3n) is 6.61. The standard InChI is InChI=1S/C30H21NOS/c1-3-12-26-24(10-1)30-25(11-6-13-27(30)32-26)31-21-8-5-7-19(17-21)20-15-16-23-22-9-2-4-14-28(22)33-29(23)18-20/h1-16,18-19,31H,17H2. The molecule has 0 radical (unpaired) electrons. The van der Waals surface area contributed by atoms with Gasteiger partial charge in [0.2, 0.25) is 0 Å². The molecule has 1 aliphatic rings. The van der Waals surface area contributed by atoms with Crippen molar-refractivity contribution in [1.29, 1.82) is 0 Å². The predicted molar refractivity (Wildman–Crippen MR) is 141 cm³/mol. The first-order valence-electron chi connectivity index (χ1n) is 11.3. The minimum atomic E-state index is 0.354. The second-order valence-electron chi connectivity index (χ2n) is 8.64. The molecule has 1 aliphatic carbocycles. The zero-order valence-corrected chi connectivity index (χ0v) is 18.7. The Morgan fingerprint density at radius 1 is 0.758 bits per heavy atom. The first-order chi connectivity index (χ1) is 16.3. The molecule has 3 heteroatoms. The molecular formula is C30H21NOS. The number of benzene rings is 4. The van der Waals surface area contributed by atoms with Crippen LogP contribution in [0.4, 0.5) is 5.69 Å². The summed E-state index contributed by atoms with van der Waals surface area (Å²) in [5.74, 6) is 0.354. The molecule has 158 valence electrons. The maximum Gasteiger partial charge on any atom is 0.137 e. The lowest BCUT2D eigenvalue weighted by atomic mass is 9.90. The van der Waals surface area contributed by atoms with Crippen molar-refractivity contribution < 1.29 is 4.42 Å². The largest absolute Gasteiger partial charge is 0.456 e. The number of para-hydroxylation sites is 1. The maximum absolute atomic E-state index is 6.07. The minimum Gasteiger partial charge on any atom is -0.456 e. The Bertz CT molecular complexity index is 1730. The Morgan fingerprint density at radius 3 is 2.55 bits per heavy atom. The van der Waals surface area contributed by atoms with Gasteiger partial charge in [-0.15, -0.1) is 11.3 Å². The summed E-state index contributed by atoms with van der Waals surface area (Å²) in [6.45, 7) is 0. The minimum absolute atomic E-state index is 0.354. The lowest BCUT2D eigenvalue weighted by molar-refractivity contribution is 0.669. The highest BCUT2D eigenvalue weighted by Crippen LogP contribution is 2.39. The summed E-state index contributed by atoms with van der Waals surface area (Å²) in [6, 6.07) is 30.1. The van der Waals surface area contributed by atoms with Gasteiger partial charge in [0.15, 0.2) is 0 Å². The van der Waals surface area contributed by atoms with Gasteiger partial charge < -0.3 is 9.73 Å². The second kappa shape index (κ2) is 7.36. The predicted octanol–water partition coefficient (Wildman–Crippen LogP) is 8.99. The van der Waals surface area contributed by atoms with Crippen LogP contribution in [0.3, 0.4) is 0 Å². The van der Waals surface area contributed by atoms with Crippen molar-refractivity contribution in [2.75, 3.05) is 5.32 Å². The number of rotatable bonds is 3. The normalized spacial score (nSPS) is 16.1. The van der Waals surface area contributed by atoms with Gasteiger partial charge in [-0.2, -0.15) is 0 Å². The van der Waals surface area contributed by atoms with Crippen LogP contribution < -0.4 is 5.32 Å². The van der Waals surface area contributed by atoms with Crippen molar-refractivity contribution in [2.24, 2.45) is 0 Å². The quantitative estimate of drug-likeness (QED) is 0.295. The first kappa shape index (κ1) is 18.7. The van der Waals surface area contributed by atoms with E-state index in [-0.39, 0.29) is 0 Å². The van der Waals surface area contributed by atoms with Crippen molar-refractivity contribution in [3.63, 3.8) is 0 Å². The van der Waals surface area contributed by atoms with Crippen molar-refractivity contribution in [3.05, 3.63) is 114 Å². The molecule has 2 heterocycles. The van der Waals surface area contributed by atoms with E-state index in [1.54, 1.807) is 0 Å². The van der Waals surface area contributed by atoms with Crippen molar-refractivity contribution in [3.8, 4) is 0 Å². The molecule has 0 amide bonds. The van der Waals surface area contributed by atoms with Gasteiger partial charge in [0, 0.05) is 37.2 Å². The third kappa shape index (κ3) is 3.08. The average molecular weight is 444 g/mol. The molecule has 0 aliphatic heterocycles. The first-order valence-corrected chi connectivity index (χ1v) is 12.1. The molecule has 1 atom stereocenters. The molecule has 0 saturated carbocycles. The van der Waals surface area contributed by atoms with Gasteiger partial charge in [-0.1, -0.05) is 66.7 Å². The van der Waals surface area contributed by atoms with E-state index in [1.807, 2.05) is 29.5 Å². The number of allylic oxidation sites excluding steroid dienone is 4. The molecule has 4 aromatic carbocycles. The average Bonchev–Trinajstić information content (AvgIpc) is 3.42. The van der Waals surface area contributed by atoms with E-state index in [1.165, 1.54) is 31.4 Å². The fourth-order valence-electron chi connectivity index (χ4n) is 5.03. The highest BCUT2D eigenvalue weighted by molar-refractivity contribution is 7.25. The summed E-state index contributed by atoms with van der Waals surface area (Å²) in [7, 11) is 0. The molecule has 33 heavy (non-hydrogen) atoms. The van der Waals surface area contributed by atoms with Crippen LogP contribution in [-0.4, -0.2) is 0 Å². The topological polar surface area (TPSA) is 25.2 Å². The summed E-state index contributed by atoms with van der Waals surface area (Å²) in [5.41, 5.74) is 5.52. The highest BCUT2D eigenvalue weighted by atomic mass is 32.1. The fraction of sp³-hybridized carbons (Fsp3) is 0.0667. The molecule has 6 aromatic rings. The van der Waals surface area contributed by atoms with Crippen LogP contribution >= 0.6 is 11.3 Å². The van der Waals surface area contributed by atoms with Gasteiger partial charge in [-0.25, -0.2) is 0 Å². The van der Waals surface area contributed by atoms with Gasteiger partial charge in [0.1, 0.15) is 11.2 Å². The summed E-state index contributed by atoms with van der Waals surface area (Å²) < 4.78 is 8.78. The molecule has 0 fully saturated rings. The summed E-state index contributed by atoms with van der Waals surface area (Å²) >= 11 is 1.88. The molecule has 0 bridgehead atoms. The van der Waals surface area contributed by atoms with Crippen molar-refractivity contribution in [1.82, 2.24) is 0 Å². The Kier molecular flexibility index (Phi) is 4.18. The zero-order valence-electron chi connectivity index (χ0n) is 17.9. The third-order valence-corrected chi connectivity index (χ3v) is 7.74. The smallest absolute Gasteiger partial charge is 0.137 e. The van der Waals surface area contributed by atoms with Crippen LogP contribution in [0.25, 0.3) is 42.1 Å². The van der Waals surface area contributed by atoms with Crippen LogP contribution in [0.5, 0.6) is 0 Å². The molecule has 1 unspecified atom stereocenters. The van der Waals surface area contributed by atoms with E-state index in [0.717, 1.165) is 34.0 Å². The zero-order chi connectivity index (χ0) is 21.8. The van der Waals surface area contributed by atoms with Crippen LogP contribution in [-0.2, 0) is 0 Å². The number of fused-ring (bicyclic) bond motifs is 6. The van der Waals surface area contributed by atoms with E-state index in [2.05, 4.69) is 90.3 Å². The van der Waals surface area contributed by atoms with E-state index in [4.69, 9.17) is 4.42 Å². The van der Waals surface area contributed by atoms with E-state index >= 15 is 0 Å². The molecule has 2 nitrogen and oxygen atoms in total.